The molecule has 5 rings (SSSR count). The number of aliphatic hydroxyl groups excluding tert-OH is 2. The summed E-state index contributed by atoms with van der Waals surface area (Å²) in [6.45, 7) is 3.25. The van der Waals surface area contributed by atoms with E-state index in [1.807, 2.05) is 73.4 Å². The number of hydrazine groups is 1. The standard InChI is InChI=1S/C31H41N7O3/c1-32-30-26-13-17-38(31(26)36-21-35-30)27-19-23(28(39)29(27)40)20-37(33-2)16-7-14-34-15-12-22-8-6-11-25(18-22)41-24-9-4-3-5-10-24/h3-6,8-11,13,17-18,21,23,27-29,33-34,39-40H,7,12,14-16,19-20H2,1-2H3,(H,32,35,36)/t23-,27-,28-,29+/m1/s1. The number of nitrogens with one attached hydrogen (secondary N) is 3. The van der Waals surface area contributed by atoms with Crippen molar-refractivity contribution in [2.75, 3.05) is 45.6 Å². The Hall–Kier alpha value is -3.54. The van der Waals surface area contributed by atoms with Crippen molar-refractivity contribution >= 4 is 16.9 Å². The molecule has 41 heavy (non-hydrogen) atoms. The van der Waals surface area contributed by atoms with Crippen LogP contribution in [0.5, 0.6) is 11.5 Å². The molecule has 2 aromatic heterocycles. The first-order chi connectivity index (χ1) is 20.1. The molecule has 1 aliphatic rings. The molecule has 1 fully saturated rings. The Morgan fingerprint density at radius 1 is 0.976 bits per heavy atom. The summed E-state index contributed by atoms with van der Waals surface area (Å²) in [6, 6.07) is 19.8. The number of rotatable bonds is 14. The van der Waals surface area contributed by atoms with E-state index in [0.717, 1.165) is 60.8 Å². The van der Waals surface area contributed by atoms with Gasteiger partial charge in [-0.15, -0.1) is 0 Å². The minimum atomic E-state index is -0.861. The van der Waals surface area contributed by atoms with Crippen LogP contribution in [0.1, 0.15) is 24.4 Å². The van der Waals surface area contributed by atoms with Gasteiger partial charge in [-0.3, -0.25) is 5.43 Å². The molecule has 0 aliphatic heterocycles. The maximum Gasteiger partial charge on any atom is 0.145 e. The maximum atomic E-state index is 10.9. The topological polar surface area (TPSA) is 120 Å². The number of anilines is 1. The van der Waals surface area contributed by atoms with Gasteiger partial charge in [-0.2, -0.15) is 0 Å². The van der Waals surface area contributed by atoms with E-state index < -0.39 is 12.2 Å². The Morgan fingerprint density at radius 3 is 2.61 bits per heavy atom. The third-order valence-corrected chi connectivity index (χ3v) is 7.90. The SMILES string of the molecule is CNc1ncnc2c1ccn2[C@@H]1C[C@H](CN(CCCNCCc2cccc(Oc3ccccc3)c2)NC)[C@@H](O)[C@H]1O. The van der Waals surface area contributed by atoms with Gasteiger partial charge >= 0.3 is 0 Å². The summed E-state index contributed by atoms with van der Waals surface area (Å²) in [5.74, 6) is 2.37. The summed E-state index contributed by atoms with van der Waals surface area (Å²) in [4.78, 5) is 8.72. The van der Waals surface area contributed by atoms with Crippen molar-refractivity contribution in [2.45, 2.75) is 37.5 Å². The Kier molecular flexibility index (Phi) is 9.81. The average Bonchev–Trinajstić information content (AvgIpc) is 3.55. The predicted octanol–water partition coefficient (Wildman–Crippen LogP) is 3.21. The van der Waals surface area contributed by atoms with Crippen molar-refractivity contribution < 1.29 is 14.9 Å². The fraction of sp³-hybridized carbons (Fsp3) is 0.419. The molecule has 0 unspecified atom stereocenters. The van der Waals surface area contributed by atoms with Gasteiger partial charge < -0.3 is 30.2 Å². The number of ether oxygens (including phenoxy) is 1. The van der Waals surface area contributed by atoms with Crippen LogP contribution in [0, 0.1) is 5.92 Å². The second kappa shape index (κ2) is 13.9. The van der Waals surface area contributed by atoms with Gasteiger partial charge in [-0.1, -0.05) is 30.3 Å². The molecule has 218 valence electrons. The van der Waals surface area contributed by atoms with Gasteiger partial charge in [0.15, 0.2) is 0 Å². The van der Waals surface area contributed by atoms with Crippen LogP contribution in [-0.2, 0) is 6.42 Å². The van der Waals surface area contributed by atoms with Gasteiger partial charge in [-0.25, -0.2) is 15.0 Å². The molecule has 4 atom stereocenters. The largest absolute Gasteiger partial charge is 0.457 e. The number of hydrogen-bond acceptors (Lipinski definition) is 9. The molecule has 0 bridgehead atoms. The molecule has 0 amide bonds. The van der Waals surface area contributed by atoms with Gasteiger partial charge in [0.05, 0.1) is 17.5 Å². The van der Waals surface area contributed by atoms with Crippen LogP contribution in [0.2, 0.25) is 0 Å². The van der Waals surface area contributed by atoms with E-state index in [-0.39, 0.29) is 12.0 Å². The lowest BCUT2D eigenvalue weighted by Gasteiger charge is -2.26. The molecule has 0 radical (unpaired) electrons. The zero-order valence-corrected chi connectivity index (χ0v) is 23.8. The molecule has 1 aliphatic carbocycles. The van der Waals surface area contributed by atoms with E-state index in [4.69, 9.17) is 4.74 Å². The fourth-order valence-corrected chi connectivity index (χ4v) is 5.71. The average molecular weight is 560 g/mol. The fourth-order valence-electron chi connectivity index (χ4n) is 5.71. The Morgan fingerprint density at radius 2 is 1.80 bits per heavy atom. The van der Waals surface area contributed by atoms with E-state index in [1.54, 1.807) is 0 Å². The van der Waals surface area contributed by atoms with E-state index >= 15 is 0 Å². The van der Waals surface area contributed by atoms with Crippen molar-refractivity contribution in [1.29, 1.82) is 0 Å². The number of nitrogens with zero attached hydrogens (tertiary/aromatic N) is 4. The molecule has 1 saturated carbocycles. The second-order valence-electron chi connectivity index (χ2n) is 10.6. The predicted molar refractivity (Wildman–Crippen MR) is 161 cm³/mol. The molecule has 5 N–H and O–H groups in total. The highest BCUT2D eigenvalue weighted by Crippen LogP contribution is 2.38. The van der Waals surface area contributed by atoms with Crippen molar-refractivity contribution in [3.8, 4) is 11.5 Å². The lowest BCUT2D eigenvalue weighted by molar-refractivity contribution is -0.00277. The summed E-state index contributed by atoms with van der Waals surface area (Å²) in [5.41, 5.74) is 5.25. The van der Waals surface area contributed by atoms with Crippen LogP contribution in [0.4, 0.5) is 5.82 Å². The second-order valence-corrected chi connectivity index (χ2v) is 10.6. The molecular weight excluding hydrogens is 518 g/mol. The van der Waals surface area contributed by atoms with Gasteiger partial charge in [0.1, 0.15) is 35.4 Å². The monoisotopic (exact) mass is 559 g/mol. The van der Waals surface area contributed by atoms with Crippen molar-refractivity contribution in [2.24, 2.45) is 5.92 Å². The van der Waals surface area contributed by atoms with E-state index in [0.29, 0.717) is 13.0 Å². The van der Waals surface area contributed by atoms with Crippen molar-refractivity contribution in [1.82, 2.24) is 30.3 Å². The van der Waals surface area contributed by atoms with E-state index in [1.165, 1.54) is 11.9 Å². The molecule has 0 saturated heterocycles. The number of fused-ring (bicyclic) bond motifs is 1. The summed E-state index contributed by atoms with van der Waals surface area (Å²) in [7, 11) is 3.73. The number of aliphatic hydroxyl groups is 2. The summed E-state index contributed by atoms with van der Waals surface area (Å²) < 4.78 is 7.93. The first-order valence-corrected chi connectivity index (χ1v) is 14.4. The quantitative estimate of drug-likeness (QED) is 0.117. The Bertz CT molecular complexity index is 1380. The number of para-hydroxylation sites is 1. The normalized spacial score (nSPS) is 20.6. The molecule has 10 nitrogen and oxygen atoms in total. The molecule has 10 heteroatoms. The smallest absolute Gasteiger partial charge is 0.145 e. The molecule has 2 heterocycles. The maximum absolute atomic E-state index is 10.9. The van der Waals surface area contributed by atoms with Crippen LogP contribution in [0.15, 0.2) is 73.2 Å². The zero-order valence-electron chi connectivity index (χ0n) is 23.8. The Balaban J connectivity index is 1.06. The minimum Gasteiger partial charge on any atom is -0.457 e. The van der Waals surface area contributed by atoms with Gasteiger partial charge in [0.2, 0.25) is 0 Å². The van der Waals surface area contributed by atoms with Crippen molar-refractivity contribution in [3.05, 3.63) is 78.8 Å². The van der Waals surface area contributed by atoms with Crippen molar-refractivity contribution in [3.63, 3.8) is 0 Å². The van der Waals surface area contributed by atoms with Gasteiger partial charge in [0.25, 0.3) is 0 Å². The van der Waals surface area contributed by atoms with E-state index in [9.17, 15) is 10.2 Å². The van der Waals surface area contributed by atoms with Gasteiger partial charge in [-0.05, 0) is 75.3 Å². The summed E-state index contributed by atoms with van der Waals surface area (Å²) in [6.07, 6.45) is 4.32. The molecule has 0 spiro atoms. The third-order valence-electron chi connectivity index (χ3n) is 7.90. The van der Waals surface area contributed by atoms with Crippen LogP contribution < -0.4 is 20.8 Å². The van der Waals surface area contributed by atoms with Gasteiger partial charge in [0, 0.05) is 32.3 Å². The number of hydrogen-bond donors (Lipinski definition) is 5. The third kappa shape index (κ3) is 7.03. The first kappa shape index (κ1) is 29.0. The number of aromatic nitrogens is 3. The summed E-state index contributed by atoms with van der Waals surface area (Å²) in [5, 5.41) is 31.5. The number of benzene rings is 2. The highest BCUT2D eigenvalue weighted by Gasteiger charge is 2.43. The lowest BCUT2D eigenvalue weighted by atomic mass is 10.1. The van der Waals surface area contributed by atoms with Crippen LogP contribution in [0.25, 0.3) is 11.0 Å². The highest BCUT2D eigenvalue weighted by molar-refractivity contribution is 5.87. The molecular formula is C31H41N7O3. The zero-order chi connectivity index (χ0) is 28.6. The first-order valence-electron chi connectivity index (χ1n) is 14.4. The van der Waals surface area contributed by atoms with E-state index in [2.05, 4.69) is 43.2 Å². The summed E-state index contributed by atoms with van der Waals surface area (Å²) >= 11 is 0. The van der Waals surface area contributed by atoms with Crippen LogP contribution in [-0.4, -0.2) is 82.2 Å². The minimum absolute atomic E-state index is 0.0659. The highest BCUT2D eigenvalue weighted by atomic mass is 16.5. The van der Waals surface area contributed by atoms with Crippen LogP contribution >= 0.6 is 0 Å². The molecule has 2 aromatic carbocycles. The van der Waals surface area contributed by atoms with Crippen LogP contribution in [0.3, 0.4) is 0 Å². The lowest BCUT2D eigenvalue weighted by Crippen LogP contribution is -2.43. The Labute approximate surface area is 241 Å². The molecule has 4 aromatic rings.